The van der Waals surface area contributed by atoms with Gasteiger partial charge < -0.3 is 26.0 Å². The number of nitrogens with two attached hydrogens (primary N) is 1. The number of aliphatic imine (C=N–C) groups is 1. The van der Waals surface area contributed by atoms with Crippen LogP contribution in [0.1, 0.15) is 25.3 Å². The van der Waals surface area contributed by atoms with Gasteiger partial charge in [-0.1, -0.05) is 7.92 Å². The lowest BCUT2D eigenvalue weighted by Gasteiger charge is -2.41. The van der Waals surface area contributed by atoms with Gasteiger partial charge in [-0.15, -0.1) is 0 Å². The third-order valence-electron chi connectivity index (χ3n) is 8.85. The number of piperidine rings is 1. The molecule has 0 bridgehead atoms. The number of allylic oxidation sites excluding steroid dienone is 1. The molecule has 266 valence electrons. The van der Waals surface area contributed by atoms with Crippen molar-refractivity contribution in [3.8, 4) is 5.75 Å². The van der Waals surface area contributed by atoms with Crippen molar-refractivity contribution >= 4 is 80.8 Å². The topological polar surface area (TPSA) is 130 Å². The highest BCUT2D eigenvalue weighted by molar-refractivity contribution is 9.10. The second kappa shape index (κ2) is 15.9. The molecule has 2 aromatic carbocycles. The summed E-state index contributed by atoms with van der Waals surface area (Å²) in [4.78, 5) is 26.2. The normalized spacial score (nSPS) is 15.4. The quantitative estimate of drug-likeness (QED) is 0.109. The molecule has 1 aliphatic rings. The fourth-order valence-corrected chi connectivity index (χ4v) is 7.57. The van der Waals surface area contributed by atoms with Crippen LogP contribution in [0.4, 0.5) is 42.0 Å². The number of halogens is 4. The van der Waals surface area contributed by atoms with E-state index in [1.807, 2.05) is 24.3 Å². The van der Waals surface area contributed by atoms with Crippen LogP contribution >= 0.6 is 23.9 Å². The zero-order valence-corrected chi connectivity index (χ0v) is 31.2. The van der Waals surface area contributed by atoms with Crippen molar-refractivity contribution in [2.45, 2.75) is 38.0 Å². The zero-order chi connectivity index (χ0) is 36.2. The molecule has 2 aromatic heterocycles. The summed E-state index contributed by atoms with van der Waals surface area (Å²) in [5.74, 6) is 1.39. The number of rotatable bonds is 11. The fourth-order valence-electron chi connectivity index (χ4n) is 6.07. The van der Waals surface area contributed by atoms with Crippen molar-refractivity contribution in [2.75, 3.05) is 63.2 Å². The van der Waals surface area contributed by atoms with Crippen LogP contribution in [-0.4, -0.2) is 96.9 Å². The SMILES string of the molecule is CN=CC(=CN)c1cc(Nc2ncc(Br)c(Nc3ccc4nccnc4c3P(C)C)n2)c(OC)cc1N1CCC(N(C)C(C)C(F)(F)F)CC1. The first-order chi connectivity index (χ1) is 23.9. The number of nitrogens with one attached hydrogen (secondary N) is 2. The molecule has 1 atom stereocenters. The molecule has 0 amide bonds. The molecule has 50 heavy (non-hydrogen) atoms. The minimum atomic E-state index is -4.28. The smallest absolute Gasteiger partial charge is 0.403 e. The van der Waals surface area contributed by atoms with E-state index in [-0.39, 0.29) is 6.04 Å². The Labute approximate surface area is 299 Å². The Kier molecular flexibility index (Phi) is 11.8. The molecule has 0 radical (unpaired) electrons. The number of methoxy groups -OCH3 is 1. The van der Waals surface area contributed by atoms with Gasteiger partial charge in [-0.3, -0.25) is 19.9 Å². The van der Waals surface area contributed by atoms with E-state index < -0.39 is 20.1 Å². The maximum Gasteiger partial charge on any atom is 0.403 e. The Bertz CT molecular complexity index is 1880. The van der Waals surface area contributed by atoms with Crippen LogP contribution in [0.5, 0.6) is 5.75 Å². The van der Waals surface area contributed by atoms with Crippen LogP contribution in [0, 0.1) is 0 Å². The molecule has 0 spiro atoms. The summed E-state index contributed by atoms with van der Waals surface area (Å²) < 4.78 is 46.8. The van der Waals surface area contributed by atoms with Gasteiger partial charge in [0.1, 0.15) is 17.6 Å². The monoisotopic (exact) mass is 772 g/mol. The highest BCUT2D eigenvalue weighted by atomic mass is 79.9. The van der Waals surface area contributed by atoms with Gasteiger partial charge >= 0.3 is 6.18 Å². The van der Waals surface area contributed by atoms with Crippen LogP contribution in [0.25, 0.3) is 16.6 Å². The van der Waals surface area contributed by atoms with E-state index in [1.165, 1.54) is 18.0 Å². The predicted molar refractivity (Wildman–Crippen MR) is 202 cm³/mol. The summed E-state index contributed by atoms with van der Waals surface area (Å²) in [5.41, 5.74) is 11.5. The molecule has 4 aromatic rings. The maximum atomic E-state index is 13.4. The molecule has 1 unspecified atom stereocenters. The van der Waals surface area contributed by atoms with Crippen molar-refractivity contribution < 1.29 is 17.9 Å². The third-order valence-corrected chi connectivity index (χ3v) is 10.8. The molecule has 1 saturated heterocycles. The Balaban J connectivity index is 1.46. The largest absolute Gasteiger partial charge is 0.494 e. The molecular weight excluding hydrogens is 732 g/mol. The number of hydrogen-bond acceptors (Lipinski definition) is 11. The molecule has 4 N–H and O–H groups in total. The maximum absolute atomic E-state index is 13.4. The summed E-state index contributed by atoms with van der Waals surface area (Å²) >= 11 is 3.59. The molecule has 1 fully saturated rings. The summed E-state index contributed by atoms with van der Waals surface area (Å²) in [6.07, 6.45) is 5.03. The first-order valence-corrected chi connectivity index (χ1v) is 19.0. The van der Waals surface area contributed by atoms with Crippen LogP contribution in [0.2, 0.25) is 0 Å². The van der Waals surface area contributed by atoms with E-state index in [0.717, 1.165) is 33.3 Å². The molecule has 3 heterocycles. The molecule has 0 saturated carbocycles. The number of fused-ring (bicyclic) bond motifs is 1. The van der Waals surface area contributed by atoms with Gasteiger partial charge in [-0.25, -0.2) is 4.98 Å². The fraction of sp³-hybridized carbons (Fsp3) is 0.382. The summed E-state index contributed by atoms with van der Waals surface area (Å²) in [5, 5.41) is 7.86. The average molecular weight is 774 g/mol. The van der Waals surface area contributed by atoms with Gasteiger partial charge in [0.05, 0.1) is 28.3 Å². The standard InChI is InChI=1S/C34H41BrF3N10OP/c1-20(34(36,37)38)47(3)22-9-13-48(14-10-22)28-16-29(49-4)27(15-23(28)21(17-39)18-40-2)45-33-43-19-24(35)32(46-33)44-26-8-7-25-30(31(26)50(5)6)42-12-11-41-25/h7-8,11-12,15-20,22H,9-10,13-14,39H2,1-6H3,(H2,43,44,45,46). The molecule has 1 aliphatic heterocycles. The lowest BCUT2D eigenvalue weighted by molar-refractivity contribution is -0.181. The second-order valence-corrected chi connectivity index (χ2v) is 15.2. The van der Waals surface area contributed by atoms with Crippen molar-refractivity contribution in [1.29, 1.82) is 0 Å². The van der Waals surface area contributed by atoms with Crippen LogP contribution in [-0.2, 0) is 0 Å². The minimum absolute atomic E-state index is 0.200. The Morgan fingerprint density at radius 1 is 1.14 bits per heavy atom. The Hall–Kier alpha value is -4.07. The number of anilines is 5. The van der Waals surface area contributed by atoms with Crippen molar-refractivity contribution in [3.05, 3.63) is 59.1 Å². The Morgan fingerprint density at radius 2 is 1.86 bits per heavy atom. The first-order valence-electron chi connectivity index (χ1n) is 15.9. The number of aromatic nitrogens is 4. The highest BCUT2D eigenvalue weighted by Gasteiger charge is 2.41. The Morgan fingerprint density at radius 3 is 2.50 bits per heavy atom. The number of ether oxygens (including phenoxy) is 1. The van der Waals surface area contributed by atoms with E-state index in [2.05, 4.69) is 64.7 Å². The van der Waals surface area contributed by atoms with Crippen LogP contribution in [0.15, 0.2) is 58.5 Å². The predicted octanol–water partition coefficient (Wildman–Crippen LogP) is 6.90. The van der Waals surface area contributed by atoms with Gasteiger partial charge in [-0.05, 0) is 74.3 Å². The van der Waals surface area contributed by atoms with Gasteiger partial charge in [0.15, 0.2) is 0 Å². The molecule has 11 nitrogen and oxygen atoms in total. The van der Waals surface area contributed by atoms with Crippen molar-refractivity contribution in [1.82, 2.24) is 24.8 Å². The van der Waals surface area contributed by atoms with Crippen molar-refractivity contribution in [3.63, 3.8) is 0 Å². The van der Waals surface area contributed by atoms with Gasteiger partial charge in [-0.2, -0.15) is 18.2 Å². The number of benzene rings is 2. The van der Waals surface area contributed by atoms with Gasteiger partial charge in [0.2, 0.25) is 5.95 Å². The van der Waals surface area contributed by atoms with E-state index in [1.54, 1.807) is 46.0 Å². The highest BCUT2D eigenvalue weighted by Crippen LogP contribution is 2.40. The number of alkyl halides is 3. The van der Waals surface area contributed by atoms with E-state index >= 15 is 0 Å². The average Bonchev–Trinajstić information content (AvgIpc) is 3.10. The lowest BCUT2D eigenvalue weighted by atomic mass is 9.98. The zero-order valence-electron chi connectivity index (χ0n) is 28.8. The lowest BCUT2D eigenvalue weighted by Crippen LogP contribution is -2.51. The van der Waals surface area contributed by atoms with Gasteiger partial charge in [0, 0.05) is 91.1 Å². The third kappa shape index (κ3) is 8.11. The summed E-state index contributed by atoms with van der Waals surface area (Å²) in [6, 6.07) is 5.99. The molecule has 16 heteroatoms. The molecule has 5 rings (SSSR count). The summed E-state index contributed by atoms with van der Waals surface area (Å²) in [7, 11) is 4.23. The van der Waals surface area contributed by atoms with Gasteiger partial charge in [0.25, 0.3) is 0 Å². The van der Waals surface area contributed by atoms with E-state index in [4.69, 9.17) is 15.5 Å². The summed E-state index contributed by atoms with van der Waals surface area (Å²) in [6.45, 7) is 6.65. The van der Waals surface area contributed by atoms with E-state index in [0.29, 0.717) is 59.2 Å². The second-order valence-electron chi connectivity index (χ2n) is 12.1. The molecule has 0 aliphatic carbocycles. The van der Waals surface area contributed by atoms with E-state index in [9.17, 15) is 13.2 Å². The van der Waals surface area contributed by atoms with Crippen LogP contribution in [0.3, 0.4) is 0 Å². The number of hydrogen-bond donors (Lipinski definition) is 3. The van der Waals surface area contributed by atoms with Crippen LogP contribution < -0.4 is 31.3 Å². The molecular formula is C34H41BrF3N10OP. The first kappa shape index (κ1) is 37.2. The minimum Gasteiger partial charge on any atom is -0.494 e. The number of nitrogens with zero attached hydrogens (tertiary/aromatic N) is 7. The van der Waals surface area contributed by atoms with Crippen molar-refractivity contribution in [2.24, 2.45) is 10.7 Å².